The van der Waals surface area contributed by atoms with E-state index in [9.17, 15) is 4.79 Å². The highest BCUT2D eigenvalue weighted by molar-refractivity contribution is 6.09. The number of carbonyl (C=O) groups excluding carboxylic acids is 1. The summed E-state index contributed by atoms with van der Waals surface area (Å²) in [5.41, 5.74) is 2.52. The van der Waals surface area contributed by atoms with Gasteiger partial charge in [-0.1, -0.05) is 30.3 Å². The molecule has 0 aliphatic rings. The topological polar surface area (TPSA) is 23.6 Å². The Morgan fingerprint density at radius 1 is 0.842 bits per heavy atom. The second kappa shape index (κ2) is 5.57. The Kier molecular flexibility index (Phi) is 3.85. The van der Waals surface area contributed by atoms with Gasteiger partial charge in [0.05, 0.1) is 5.56 Å². The number of nitrogens with zero attached hydrogens (tertiary/aromatic N) is 2. The molecule has 3 nitrogen and oxygen atoms in total. The minimum Gasteiger partial charge on any atom is -0.377 e. The summed E-state index contributed by atoms with van der Waals surface area (Å²) in [6, 6.07) is 17.3. The van der Waals surface area contributed by atoms with Gasteiger partial charge in [0, 0.05) is 32.5 Å². The van der Waals surface area contributed by atoms with E-state index in [0.29, 0.717) is 5.56 Å². The van der Waals surface area contributed by atoms with Crippen LogP contribution >= 0.6 is 0 Å². The molecule has 3 heteroatoms. The van der Waals surface area contributed by atoms with Crippen LogP contribution in [0.25, 0.3) is 0 Å². The zero-order valence-corrected chi connectivity index (χ0v) is 11.5. The van der Waals surface area contributed by atoms with Crippen LogP contribution in [0.3, 0.4) is 0 Å². The van der Waals surface area contributed by atoms with Gasteiger partial charge in [0.25, 0.3) is 5.91 Å². The van der Waals surface area contributed by atoms with E-state index in [1.807, 2.05) is 73.6 Å². The first-order valence-electron chi connectivity index (χ1n) is 6.20. The molecule has 0 atom stereocenters. The minimum atomic E-state index is -0.00417. The zero-order chi connectivity index (χ0) is 13.8. The van der Waals surface area contributed by atoms with E-state index in [-0.39, 0.29) is 5.91 Å². The third-order valence-electron chi connectivity index (χ3n) is 3.06. The Labute approximate surface area is 114 Å². The predicted octanol–water partition coefficient (Wildman–Crippen LogP) is 3.03. The Bertz CT molecular complexity index is 564. The van der Waals surface area contributed by atoms with Crippen molar-refractivity contribution >= 4 is 17.3 Å². The summed E-state index contributed by atoms with van der Waals surface area (Å²) in [5, 5.41) is 0. The van der Waals surface area contributed by atoms with E-state index in [1.54, 1.807) is 11.9 Å². The van der Waals surface area contributed by atoms with Crippen molar-refractivity contribution in [3.05, 3.63) is 60.2 Å². The molecule has 2 aromatic rings. The van der Waals surface area contributed by atoms with E-state index < -0.39 is 0 Å². The highest BCUT2D eigenvalue weighted by atomic mass is 16.2. The lowest BCUT2D eigenvalue weighted by atomic mass is 10.1. The van der Waals surface area contributed by atoms with E-state index in [1.165, 1.54) is 0 Å². The molecule has 2 aromatic carbocycles. The third-order valence-corrected chi connectivity index (χ3v) is 3.06. The van der Waals surface area contributed by atoms with Crippen LogP contribution in [0.1, 0.15) is 10.4 Å². The van der Waals surface area contributed by atoms with Crippen molar-refractivity contribution < 1.29 is 4.79 Å². The lowest BCUT2D eigenvalue weighted by Crippen LogP contribution is -2.28. The molecule has 0 saturated carbocycles. The summed E-state index contributed by atoms with van der Waals surface area (Å²) in [6.07, 6.45) is 0. The van der Waals surface area contributed by atoms with Crippen LogP contribution < -0.4 is 9.80 Å². The van der Waals surface area contributed by atoms with Gasteiger partial charge in [-0.15, -0.1) is 0 Å². The monoisotopic (exact) mass is 254 g/mol. The van der Waals surface area contributed by atoms with Crippen molar-refractivity contribution in [1.29, 1.82) is 0 Å². The van der Waals surface area contributed by atoms with E-state index in [4.69, 9.17) is 0 Å². The van der Waals surface area contributed by atoms with Gasteiger partial charge in [0.2, 0.25) is 0 Å². The summed E-state index contributed by atoms with van der Waals surface area (Å²) >= 11 is 0. The van der Waals surface area contributed by atoms with Crippen molar-refractivity contribution in [3.8, 4) is 0 Å². The molecule has 98 valence electrons. The van der Waals surface area contributed by atoms with Gasteiger partial charge in [-0.2, -0.15) is 0 Å². The number of benzene rings is 2. The fourth-order valence-electron chi connectivity index (χ4n) is 1.99. The second-order valence-corrected chi connectivity index (χ2v) is 4.61. The van der Waals surface area contributed by atoms with E-state index in [2.05, 4.69) is 0 Å². The molecule has 19 heavy (non-hydrogen) atoms. The lowest BCUT2D eigenvalue weighted by Gasteiger charge is -2.22. The number of amides is 1. The summed E-state index contributed by atoms with van der Waals surface area (Å²) in [5.74, 6) is -0.00417. The van der Waals surface area contributed by atoms with Crippen LogP contribution in [0.5, 0.6) is 0 Å². The average Bonchev–Trinajstić information content (AvgIpc) is 2.46. The standard InChI is InChI=1S/C16H18N2O/c1-17(2)15-12-8-7-11-14(15)16(19)18(3)13-9-5-4-6-10-13/h4-12H,1-3H3. The van der Waals surface area contributed by atoms with Crippen molar-refractivity contribution in [3.63, 3.8) is 0 Å². The molecule has 0 unspecified atom stereocenters. The summed E-state index contributed by atoms with van der Waals surface area (Å²) in [7, 11) is 5.67. The number of anilines is 2. The third kappa shape index (κ3) is 2.76. The second-order valence-electron chi connectivity index (χ2n) is 4.61. The largest absolute Gasteiger partial charge is 0.377 e. The molecule has 0 N–H and O–H groups in total. The Balaban J connectivity index is 2.35. The van der Waals surface area contributed by atoms with Gasteiger partial charge >= 0.3 is 0 Å². The smallest absolute Gasteiger partial charge is 0.260 e. The van der Waals surface area contributed by atoms with Crippen molar-refractivity contribution in [2.75, 3.05) is 30.9 Å². The number of hydrogen-bond donors (Lipinski definition) is 0. The maximum Gasteiger partial charge on any atom is 0.260 e. The molecule has 1 amide bonds. The molecule has 0 spiro atoms. The van der Waals surface area contributed by atoms with Crippen LogP contribution in [0.2, 0.25) is 0 Å². The molecule has 0 radical (unpaired) electrons. The first-order valence-corrected chi connectivity index (χ1v) is 6.20. The normalized spacial score (nSPS) is 10.1. The van der Waals surface area contributed by atoms with E-state index in [0.717, 1.165) is 11.4 Å². The van der Waals surface area contributed by atoms with Gasteiger partial charge in [-0.25, -0.2) is 0 Å². The van der Waals surface area contributed by atoms with Crippen LogP contribution in [-0.4, -0.2) is 27.1 Å². The van der Waals surface area contributed by atoms with Crippen LogP contribution in [-0.2, 0) is 0 Å². The number of carbonyl (C=O) groups is 1. The first kappa shape index (κ1) is 13.1. The lowest BCUT2D eigenvalue weighted by molar-refractivity contribution is 0.0993. The van der Waals surface area contributed by atoms with Gasteiger partial charge in [-0.05, 0) is 24.3 Å². The Morgan fingerprint density at radius 3 is 2.05 bits per heavy atom. The molecular weight excluding hydrogens is 236 g/mol. The quantitative estimate of drug-likeness (QED) is 0.840. The van der Waals surface area contributed by atoms with Crippen molar-refractivity contribution in [2.45, 2.75) is 0 Å². The molecule has 2 rings (SSSR count). The van der Waals surface area contributed by atoms with Crippen molar-refractivity contribution in [1.82, 2.24) is 0 Å². The molecule has 0 bridgehead atoms. The van der Waals surface area contributed by atoms with Crippen molar-refractivity contribution in [2.24, 2.45) is 0 Å². The molecule has 0 aliphatic carbocycles. The molecule has 0 aromatic heterocycles. The molecule has 0 saturated heterocycles. The summed E-state index contributed by atoms with van der Waals surface area (Å²) < 4.78 is 0. The summed E-state index contributed by atoms with van der Waals surface area (Å²) in [4.78, 5) is 16.2. The fourth-order valence-corrected chi connectivity index (χ4v) is 1.99. The molecule has 0 fully saturated rings. The van der Waals surface area contributed by atoms with Gasteiger partial charge in [0.15, 0.2) is 0 Å². The van der Waals surface area contributed by atoms with Crippen LogP contribution in [0.4, 0.5) is 11.4 Å². The van der Waals surface area contributed by atoms with E-state index >= 15 is 0 Å². The number of hydrogen-bond acceptors (Lipinski definition) is 2. The average molecular weight is 254 g/mol. The Morgan fingerprint density at radius 2 is 1.42 bits per heavy atom. The minimum absolute atomic E-state index is 0.00417. The van der Waals surface area contributed by atoms with Gasteiger partial charge in [0.1, 0.15) is 0 Å². The molecular formula is C16H18N2O. The van der Waals surface area contributed by atoms with Crippen LogP contribution in [0, 0.1) is 0 Å². The number of rotatable bonds is 3. The van der Waals surface area contributed by atoms with Gasteiger partial charge < -0.3 is 9.80 Å². The first-order chi connectivity index (χ1) is 9.11. The maximum absolute atomic E-state index is 12.6. The van der Waals surface area contributed by atoms with Gasteiger partial charge in [-0.3, -0.25) is 4.79 Å². The SMILES string of the molecule is CN(C)c1ccccc1C(=O)N(C)c1ccccc1. The fraction of sp³-hybridized carbons (Fsp3) is 0.188. The highest BCUT2D eigenvalue weighted by Crippen LogP contribution is 2.22. The molecule has 0 heterocycles. The Hall–Kier alpha value is -2.29. The highest BCUT2D eigenvalue weighted by Gasteiger charge is 2.17. The molecule has 0 aliphatic heterocycles. The zero-order valence-electron chi connectivity index (χ0n) is 11.5. The maximum atomic E-state index is 12.6. The van der Waals surface area contributed by atoms with Crippen LogP contribution in [0.15, 0.2) is 54.6 Å². The predicted molar refractivity (Wildman–Crippen MR) is 79.9 cm³/mol. The number of para-hydroxylation sites is 2. The summed E-state index contributed by atoms with van der Waals surface area (Å²) in [6.45, 7) is 0.